The largest absolute Gasteiger partial charge is 0.482 e. The van der Waals surface area contributed by atoms with Crippen LogP contribution >= 0.6 is 0 Å². The number of hydrogen-bond acceptors (Lipinski definition) is 4. The summed E-state index contributed by atoms with van der Waals surface area (Å²) < 4.78 is 7.72. The predicted molar refractivity (Wildman–Crippen MR) is 117 cm³/mol. The number of carbonyl (C=O) groups is 1. The third kappa shape index (κ3) is 4.27. The van der Waals surface area contributed by atoms with Crippen LogP contribution in [0.25, 0.3) is 0 Å². The van der Waals surface area contributed by atoms with E-state index in [2.05, 4.69) is 31.7 Å². The fourth-order valence-electron chi connectivity index (χ4n) is 4.26. The monoisotopic (exact) mass is 410 g/mol. The number of piperidine rings is 1. The summed E-state index contributed by atoms with van der Waals surface area (Å²) in [5.41, 5.74) is 0.853. The lowest BCUT2D eigenvalue weighted by Gasteiger charge is -2.39. The van der Waals surface area contributed by atoms with Crippen molar-refractivity contribution >= 4 is 17.6 Å². The Bertz CT molecular complexity index is 882. The number of fused-ring (bicyclic) bond motifs is 1. The molecule has 1 amide bonds. The Labute approximate surface area is 177 Å². The van der Waals surface area contributed by atoms with Gasteiger partial charge in [0.25, 0.3) is 5.91 Å². The highest BCUT2D eigenvalue weighted by molar-refractivity contribution is 5.97. The maximum atomic E-state index is 12.3. The van der Waals surface area contributed by atoms with E-state index in [0.717, 1.165) is 49.9 Å². The van der Waals surface area contributed by atoms with Crippen LogP contribution in [0.1, 0.15) is 25.8 Å². The van der Waals surface area contributed by atoms with Crippen LogP contribution in [0.15, 0.2) is 48.0 Å². The van der Waals surface area contributed by atoms with Crippen molar-refractivity contribution in [2.45, 2.75) is 25.8 Å². The number of aliphatic imine (C=N–C) groups is 1. The standard InChI is InChI=1S/C22H30N6O2/c1-17-8-12-26(14-19(17)27-13-10-24-16-27)22(23-2)25-9-5-11-28-18-6-3-4-7-20(18)30-15-21(28)29/h3-4,6-7,10,13,16-17,19H,5,8-9,11-12,14-15H2,1-2H3,(H,23,25). The first kappa shape index (κ1) is 20.3. The van der Waals surface area contributed by atoms with E-state index in [4.69, 9.17) is 4.74 Å². The molecule has 8 heteroatoms. The highest BCUT2D eigenvalue weighted by Gasteiger charge is 2.29. The first-order valence-corrected chi connectivity index (χ1v) is 10.6. The SMILES string of the molecule is CN=C(NCCCN1C(=O)COc2ccccc21)N1CCC(C)C(n2ccnc2)C1. The number of guanidine groups is 1. The number of imidazole rings is 1. The van der Waals surface area contributed by atoms with Gasteiger partial charge in [-0.05, 0) is 30.9 Å². The predicted octanol–water partition coefficient (Wildman–Crippen LogP) is 2.16. The van der Waals surface area contributed by atoms with E-state index in [-0.39, 0.29) is 12.5 Å². The van der Waals surface area contributed by atoms with E-state index in [1.165, 1.54) is 0 Å². The number of para-hydroxylation sites is 2. The Kier molecular flexibility index (Phi) is 6.21. The Balaban J connectivity index is 1.31. The third-order valence-electron chi connectivity index (χ3n) is 5.99. The molecular formula is C22H30N6O2. The second-order valence-corrected chi connectivity index (χ2v) is 7.92. The van der Waals surface area contributed by atoms with Crippen LogP contribution in [0.3, 0.4) is 0 Å². The molecule has 0 bridgehead atoms. The zero-order valence-electron chi connectivity index (χ0n) is 17.7. The average Bonchev–Trinajstić information content (AvgIpc) is 3.30. The molecule has 1 N–H and O–H groups in total. The van der Waals surface area contributed by atoms with Crippen LogP contribution in [0.2, 0.25) is 0 Å². The Morgan fingerprint density at radius 1 is 1.37 bits per heavy atom. The number of carbonyl (C=O) groups excluding carboxylic acids is 1. The lowest BCUT2D eigenvalue weighted by Crippen LogP contribution is -2.49. The van der Waals surface area contributed by atoms with Gasteiger partial charge >= 0.3 is 0 Å². The molecule has 1 saturated heterocycles. The Morgan fingerprint density at radius 2 is 2.23 bits per heavy atom. The molecule has 8 nitrogen and oxygen atoms in total. The van der Waals surface area contributed by atoms with Gasteiger partial charge in [-0.25, -0.2) is 4.98 Å². The van der Waals surface area contributed by atoms with Crippen molar-refractivity contribution in [1.82, 2.24) is 19.8 Å². The minimum Gasteiger partial charge on any atom is -0.482 e. The first-order chi connectivity index (χ1) is 14.7. The number of hydrogen-bond donors (Lipinski definition) is 1. The fraction of sp³-hybridized carbons (Fsp3) is 0.500. The van der Waals surface area contributed by atoms with Gasteiger partial charge in [-0.15, -0.1) is 0 Å². The maximum absolute atomic E-state index is 12.3. The van der Waals surface area contributed by atoms with Crippen molar-refractivity contribution in [1.29, 1.82) is 0 Å². The van der Waals surface area contributed by atoms with Gasteiger partial charge in [0, 0.05) is 45.6 Å². The molecule has 0 spiro atoms. The fourth-order valence-corrected chi connectivity index (χ4v) is 4.26. The molecule has 0 saturated carbocycles. The van der Waals surface area contributed by atoms with Gasteiger partial charge < -0.3 is 24.4 Å². The number of aromatic nitrogens is 2. The number of benzene rings is 1. The van der Waals surface area contributed by atoms with Crippen molar-refractivity contribution in [3.05, 3.63) is 43.0 Å². The van der Waals surface area contributed by atoms with Gasteiger partial charge in [0.15, 0.2) is 12.6 Å². The van der Waals surface area contributed by atoms with E-state index in [9.17, 15) is 4.79 Å². The van der Waals surface area contributed by atoms with Crippen LogP contribution in [0.5, 0.6) is 5.75 Å². The van der Waals surface area contributed by atoms with Crippen LogP contribution < -0.4 is 15.0 Å². The topological polar surface area (TPSA) is 75.0 Å². The van der Waals surface area contributed by atoms with Gasteiger partial charge in [0.2, 0.25) is 0 Å². The normalized spacial score (nSPS) is 21.9. The molecule has 160 valence electrons. The van der Waals surface area contributed by atoms with E-state index in [1.54, 1.807) is 0 Å². The molecule has 2 aliphatic heterocycles. The zero-order valence-corrected chi connectivity index (χ0v) is 17.7. The van der Waals surface area contributed by atoms with Crippen molar-refractivity contribution in [2.75, 3.05) is 44.7 Å². The molecule has 4 rings (SSSR count). The van der Waals surface area contributed by atoms with Gasteiger partial charge in [0.05, 0.1) is 18.1 Å². The average molecular weight is 411 g/mol. The number of ether oxygens (including phenoxy) is 1. The molecular weight excluding hydrogens is 380 g/mol. The minimum absolute atomic E-state index is 0.00581. The zero-order chi connectivity index (χ0) is 20.9. The van der Waals surface area contributed by atoms with E-state index < -0.39 is 0 Å². The molecule has 1 aromatic carbocycles. The summed E-state index contributed by atoms with van der Waals surface area (Å²) in [5.74, 6) is 2.29. The number of nitrogens with one attached hydrogen (secondary N) is 1. The van der Waals surface area contributed by atoms with Crippen molar-refractivity contribution in [2.24, 2.45) is 10.9 Å². The molecule has 0 aliphatic carbocycles. The molecule has 2 aromatic rings. The quantitative estimate of drug-likeness (QED) is 0.465. The summed E-state index contributed by atoms with van der Waals surface area (Å²) in [6.07, 6.45) is 7.72. The van der Waals surface area contributed by atoms with Gasteiger partial charge in [0.1, 0.15) is 5.75 Å². The number of nitrogens with zero attached hydrogens (tertiary/aromatic N) is 5. The van der Waals surface area contributed by atoms with Crippen molar-refractivity contribution in [3.8, 4) is 5.75 Å². The van der Waals surface area contributed by atoms with Crippen LogP contribution in [-0.2, 0) is 4.79 Å². The molecule has 2 unspecified atom stereocenters. The molecule has 1 aromatic heterocycles. The highest BCUT2D eigenvalue weighted by atomic mass is 16.5. The molecule has 3 heterocycles. The van der Waals surface area contributed by atoms with E-state index in [1.807, 2.05) is 54.9 Å². The van der Waals surface area contributed by atoms with Crippen LogP contribution in [0, 0.1) is 5.92 Å². The van der Waals surface area contributed by atoms with E-state index >= 15 is 0 Å². The molecule has 1 fully saturated rings. The Hall–Kier alpha value is -3.03. The van der Waals surface area contributed by atoms with Crippen LogP contribution in [-0.4, -0.2) is 66.2 Å². The Morgan fingerprint density at radius 3 is 3.03 bits per heavy atom. The molecule has 2 aliphatic rings. The van der Waals surface area contributed by atoms with Crippen LogP contribution in [0.4, 0.5) is 5.69 Å². The summed E-state index contributed by atoms with van der Waals surface area (Å²) in [6.45, 7) is 5.70. The molecule has 2 atom stereocenters. The second kappa shape index (κ2) is 9.19. The first-order valence-electron chi connectivity index (χ1n) is 10.6. The summed E-state index contributed by atoms with van der Waals surface area (Å²) in [7, 11) is 1.83. The molecule has 0 radical (unpaired) electrons. The summed E-state index contributed by atoms with van der Waals surface area (Å²) >= 11 is 0. The van der Waals surface area contributed by atoms with Crippen molar-refractivity contribution < 1.29 is 9.53 Å². The summed E-state index contributed by atoms with van der Waals surface area (Å²) in [5, 5.41) is 3.48. The smallest absolute Gasteiger partial charge is 0.265 e. The summed E-state index contributed by atoms with van der Waals surface area (Å²) in [4.78, 5) is 25.1. The minimum atomic E-state index is 0.00581. The number of rotatable bonds is 5. The van der Waals surface area contributed by atoms with Gasteiger partial charge in [-0.2, -0.15) is 0 Å². The van der Waals surface area contributed by atoms with Gasteiger partial charge in [-0.3, -0.25) is 9.79 Å². The lowest BCUT2D eigenvalue weighted by molar-refractivity contribution is -0.121. The summed E-state index contributed by atoms with van der Waals surface area (Å²) in [6, 6.07) is 8.09. The second-order valence-electron chi connectivity index (χ2n) is 7.92. The maximum Gasteiger partial charge on any atom is 0.265 e. The number of anilines is 1. The molecule has 30 heavy (non-hydrogen) atoms. The third-order valence-corrected chi connectivity index (χ3v) is 5.99. The number of amides is 1. The number of likely N-dealkylation sites (tertiary alicyclic amines) is 1. The lowest BCUT2D eigenvalue weighted by atomic mass is 9.93. The van der Waals surface area contributed by atoms with Crippen molar-refractivity contribution in [3.63, 3.8) is 0 Å². The van der Waals surface area contributed by atoms with Gasteiger partial charge in [-0.1, -0.05) is 19.1 Å². The van der Waals surface area contributed by atoms with E-state index in [0.29, 0.717) is 18.5 Å². The highest BCUT2D eigenvalue weighted by Crippen LogP contribution is 2.31.